The van der Waals surface area contributed by atoms with Crippen molar-refractivity contribution in [2.45, 2.75) is 6.04 Å². The highest BCUT2D eigenvalue weighted by Crippen LogP contribution is 2.21. The Balaban J connectivity index is 2.62. The Morgan fingerprint density at radius 3 is 2.80 bits per heavy atom. The molecule has 0 fully saturated rings. The molecule has 1 amide bonds. The summed E-state index contributed by atoms with van der Waals surface area (Å²) in [6.07, 6.45) is 0. The Hall–Kier alpha value is -1.14. The molecule has 4 nitrogen and oxygen atoms in total. The van der Waals surface area contributed by atoms with E-state index < -0.39 is 17.8 Å². The van der Waals surface area contributed by atoms with Crippen molar-refractivity contribution in [1.29, 1.82) is 0 Å². The summed E-state index contributed by atoms with van der Waals surface area (Å²) in [7, 11) is 0. The van der Waals surface area contributed by atoms with Crippen LogP contribution >= 0.6 is 15.9 Å². The van der Waals surface area contributed by atoms with Crippen molar-refractivity contribution in [3.63, 3.8) is 0 Å². The minimum Gasteiger partial charge on any atom is -0.488 e. The number of nitrogens with two attached hydrogens (primary N) is 2. The van der Waals surface area contributed by atoms with E-state index in [2.05, 4.69) is 15.9 Å². The van der Waals surface area contributed by atoms with Gasteiger partial charge in [-0.3, -0.25) is 4.79 Å². The largest absolute Gasteiger partial charge is 0.488 e. The SMILES string of the molecule is NC(=O)C(N)COc1ccc(Br)cc1F. The first-order valence-corrected chi connectivity index (χ1v) is 4.92. The third kappa shape index (κ3) is 3.49. The van der Waals surface area contributed by atoms with Crippen molar-refractivity contribution >= 4 is 21.8 Å². The molecule has 1 atom stereocenters. The molecule has 1 aromatic rings. The predicted octanol–water partition coefficient (Wildman–Crippen LogP) is 0.780. The highest BCUT2D eigenvalue weighted by Gasteiger charge is 2.11. The number of amides is 1. The van der Waals surface area contributed by atoms with Gasteiger partial charge in [-0.2, -0.15) is 0 Å². The zero-order valence-electron chi connectivity index (χ0n) is 7.74. The van der Waals surface area contributed by atoms with Crippen molar-refractivity contribution in [3.8, 4) is 5.75 Å². The minimum absolute atomic E-state index is 0.0369. The first kappa shape index (κ1) is 11.9. The van der Waals surface area contributed by atoms with Crippen LogP contribution in [0.1, 0.15) is 0 Å². The van der Waals surface area contributed by atoms with Crippen molar-refractivity contribution in [2.24, 2.45) is 11.5 Å². The second-order valence-electron chi connectivity index (χ2n) is 2.89. The van der Waals surface area contributed by atoms with Gasteiger partial charge >= 0.3 is 0 Å². The molecular weight excluding hydrogens is 267 g/mol. The van der Waals surface area contributed by atoms with E-state index in [9.17, 15) is 9.18 Å². The Labute approximate surface area is 94.5 Å². The summed E-state index contributed by atoms with van der Waals surface area (Å²) < 4.78 is 18.8. The van der Waals surface area contributed by atoms with Crippen molar-refractivity contribution in [2.75, 3.05) is 6.61 Å². The van der Waals surface area contributed by atoms with Crippen LogP contribution < -0.4 is 16.2 Å². The Morgan fingerprint density at radius 2 is 2.27 bits per heavy atom. The number of primary amides is 1. The lowest BCUT2D eigenvalue weighted by Crippen LogP contribution is -2.41. The lowest BCUT2D eigenvalue weighted by Gasteiger charge is -2.10. The monoisotopic (exact) mass is 276 g/mol. The number of hydrogen-bond donors (Lipinski definition) is 2. The number of carbonyl (C=O) groups excluding carboxylic acids is 1. The third-order valence-electron chi connectivity index (χ3n) is 1.68. The van der Waals surface area contributed by atoms with Crippen LogP contribution in [0.3, 0.4) is 0 Å². The molecule has 1 aromatic carbocycles. The number of carbonyl (C=O) groups is 1. The van der Waals surface area contributed by atoms with Crippen LogP contribution in [0.2, 0.25) is 0 Å². The lowest BCUT2D eigenvalue weighted by molar-refractivity contribution is -0.119. The molecule has 0 bridgehead atoms. The van der Waals surface area contributed by atoms with Crippen molar-refractivity contribution < 1.29 is 13.9 Å². The second-order valence-corrected chi connectivity index (χ2v) is 3.81. The molecule has 15 heavy (non-hydrogen) atoms. The molecule has 0 radical (unpaired) electrons. The van der Waals surface area contributed by atoms with Crippen LogP contribution in [0.5, 0.6) is 5.75 Å². The van der Waals surface area contributed by atoms with Gasteiger partial charge in [-0.15, -0.1) is 0 Å². The summed E-state index contributed by atoms with van der Waals surface area (Å²) in [4.78, 5) is 10.6. The van der Waals surface area contributed by atoms with E-state index in [1.54, 1.807) is 6.07 Å². The molecule has 0 heterocycles. The maximum Gasteiger partial charge on any atom is 0.237 e. The summed E-state index contributed by atoms with van der Waals surface area (Å²) >= 11 is 3.11. The maximum atomic E-state index is 13.2. The molecule has 1 unspecified atom stereocenters. The fraction of sp³-hybridized carbons (Fsp3) is 0.222. The lowest BCUT2D eigenvalue weighted by atomic mass is 10.3. The van der Waals surface area contributed by atoms with Crippen molar-refractivity contribution in [1.82, 2.24) is 0 Å². The zero-order valence-corrected chi connectivity index (χ0v) is 9.33. The molecule has 0 aliphatic heterocycles. The number of halogens is 2. The molecule has 0 saturated carbocycles. The molecule has 0 aliphatic rings. The average Bonchev–Trinajstić information content (AvgIpc) is 2.15. The number of ether oxygens (including phenoxy) is 1. The summed E-state index contributed by atoms with van der Waals surface area (Å²) in [6.45, 7) is -0.145. The Bertz CT molecular complexity index is 373. The molecular formula is C9H10BrFN2O2. The normalized spacial score (nSPS) is 12.2. The average molecular weight is 277 g/mol. The van der Waals surface area contributed by atoms with Crippen molar-refractivity contribution in [3.05, 3.63) is 28.5 Å². The molecule has 0 saturated heterocycles. The summed E-state index contributed by atoms with van der Waals surface area (Å²) in [5, 5.41) is 0. The predicted molar refractivity (Wildman–Crippen MR) is 56.8 cm³/mol. The minimum atomic E-state index is -0.937. The molecule has 82 valence electrons. The van der Waals surface area contributed by atoms with Crippen LogP contribution in [0.15, 0.2) is 22.7 Å². The van der Waals surface area contributed by atoms with E-state index in [4.69, 9.17) is 16.2 Å². The van der Waals surface area contributed by atoms with E-state index in [0.29, 0.717) is 4.47 Å². The topological polar surface area (TPSA) is 78.3 Å². The van der Waals surface area contributed by atoms with Crippen LogP contribution in [0, 0.1) is 5.82 Å². The molecule has 4 N–H and O–H groups in total. The van der Waals surface area contributed by atoms with Gasteiger partial charge in [0.05, 0.1) is 0 Å². The molecule has 0 spiro atoms. The van der Waals surface area contributed by atoms with Crippen LogP contribution in [0.4, 0.5) is 4.39 Å². The number of hydrogen-bond acceptors (Lipinski definition) is 3. The quantitative estimate of drug-likeness (QED) is 0.853. The van der Waals surface area contributed by atoms with Crippen LogP contribution in [-0.4, -0.2) is 18.6 Å². The van der Waals surface area contributed by atoms with Gasteiger partial charge in [0.15, 0.2) is 11.6 Å². The van der Waals surface area contributed by atoms with Gasteiger partial charge in [0.2, 0.25) is 5.91 Å². The fourth-order valence-electron chi connectivity index (χ4n) is 0.854. The third-order valence-corrected chi connectivity index (χ3v) is 2.17. The molecule has 6 heteroatoms. The Morgan fingerprint density at radius 1 is 1.60 bits per heavy atom. The van der Waals surface area contributed by atoms with Crippen LogP contribution in [-0.2, 0) is 4.79 Å². The zero-order chi connectivity index (χ0) is 11.4. The van der Waals surface area contributed by atoms with Gasteiger partial charge in [-0.25, -0.2) is 4.39 Å². The van der Waals surface area contributed by atoms with E-state index in [0.717, 1.165) is 0 Å². The Kier molecular flexibility index (Phi) is 4.05. The maximum absolute atomic E-state index is 13.2. The number of rotatable bonds is 4. The molecule has 1 rings (SSSR count). The molecule has 0 aliphatic carbocycles. The molecule has 0 aromatic heterocycles. The van der Waals surface area contributed by atoms with Gasteiger partial charge in [0.25, 0.3) is 0 Å². The first-order valence-electron chi connectivity index (χ1n) is 4.13. The van der Waals surface area contributed by atoms with Gasteiger partial charge in [0, 0.05) is 4.47 Å². The highest BCUT2D eigenvalue weighted by molar-refractivity contribution is 9.10. The van der Waals surface area contributed by atoms with Gasteiger partial charge in [0.1, 0.15) is 12.6 Å². The van der Waals surface area contributed by atoms with E-state index in [1.165, 1.54) is 12.1 Å². The van der Waals surface area contributed by atoms with Gasteiger partial charge in [-0.05, 0) is 18.2 Å². The van der Waals surface area contributed by atoms with Gasteiger partial charge < -0.3 is 16.2 Å². The van der Waals surface area contributed by atoms with E-state index in [1.807, 2.05) is 0 Å². The standard InChI is InChI=1S/C9H10BrFN2O2/c10-5-1-2-8(6(11)3-5)15-4-7(12)9(13)14/h1-3,7H,4,12H2,(H2,13,14). The number of benzene rings is 1. The second kappa shape index (κ2) is 5.09. The summed E-state index contributed by atoms with van der Waals surface area (Å²) in [5.41, 5.74) is 10.2. The summed E-state index contributed by atoms with van der Waals surface area (Å²) in [5.74, 6) is -1.18. The van der Waals surface area contributed by atoms with E-state index >= 15 is 0 Å². The first-order chi connectivity index (χ1) is 7.00. The highest BCUT2D eigenvalue weighted by atomic mass is 79.9. The van der Waals surface area contributed by atoms with Gasteiger partial charge in [-0.1, -0.05) is 15.9 Å². The van der Waals surface area contributed by atoms with Crippen LogP contribution in [0.25, 0.3) is 0 Å². The summed E-state index contributed by atoms with van der Waals surface area (Å²) in [6, 6.07) is 3.37. The van der Waals surface area contributed by atoms with E-state index in [-0.39, 0.29) is 12.4 Å². The fourth-order valence-corrected chi connectivity index (χ4v) is 1.19. The smallest absolute Gasteiger partial charge is 0.237 e.